The van der Waals surface area contributed by atoms with Crippen LogP contribution in [0, 0.1) is 12.8 Å². The van der Waals surface area contributed by atoms with Gasteiger partial charge in [-0.1, -0.05) is 29.8 Å². The number of aromatic amines is 1. The summed E-state index contributed by atoms with van der Waals surface area (Å²) in [6.07, 6.45) is 1.58. The van der Waals surface area contributed by atoms with Crippen LogP contribution in [0.25, 0.3) is 11.0 Å². The molecule has 0 aliphatic carbocycles. The van der Waals surface area contributed by atoms with Crippen LogP contribution in [-0.2, 0) is 4.79 Å². The smallest absolute Gasteiger partial charge is 0.253 e. The first-order valence-corrected chi connectivity index (χ1v) is 9.22. The quantitative estimate of drug-likeness (QED) is 0.750. The van der Waals surface area contributed by atoms with Crippen LogP contribution in [-0.4, -0.2) is 39.8 Å². The number of para-hydroxylation sites is 2. The molecule has 6 heteroatoms. The number of carbonyl (C=O) groups excluding carboxylic acids is 2. The number of nitrogens with zero attached hydrogens (tertiary/aromatic N) is 2. The first-order chi connectivity index (χ1) is 13.1. The fourth-order valence-corrected chi connectivity index (χ4v) is 3.49. The molecule has 3 aromatic rings. The number of hydrogen-bond donors (Lipinski definition) is 2. The Labute approximate surface area is 157 Å². The number of anilines is 1. The van der Waals surface area contributed by atoms with Gasteiger partial charge in [-0.2, -0.15) is 0 Å². The number of carbonyl (C=O) groups is 2. The van der Waals surface area contributed by atoms with Crippen LogP contribution in [0.4, 0.5) is 5.95 Å². The summed E-state index contributed by atoms with van der Waals surface area (Å²) in [6.45, 7) is 3.10. The SMILES string of the molecule is Cc1ccc(C(=O)N2CCCC(C(=O)Nc3nc4ccccc4[nH]3)C2)cc1. The van der Waals surface area contributed by atoms with E-state index in [1.165, 1.54) is 0 Å². The van der Waals surface area contributed by atoms with E-state index in [-0.39, 0.29) is 17.7 Å². The van der Waals surface area contributed by atoms with E-state index in [0.717, 1.165) is 29.4 Å². The first-order valence-electron chi connectivity index (χ1n) is 9.22. The van der Waals surface area contributed by atoms with Crippen LogP contribution in [0.2, 0.25) is 0 Å². The maximum Gasteiger partial charge on any atom is 0.253 e. The minimum absolute atomic E-state index is 0.0174. The number of aromatic nitrogens is 2. The first kappa shape index (κ1) is 17.3. The van der Waals surface area contributed by atoms with Gasteiger partial charge in [0.15, 0.2) is 0 Å². The average molecular weight is 362 g/mol. The van der Waals surface area contributed by atoms with Crippen molar-refractivity contribution < 1.29 is 9.59 Å². The highest BCUT2D eigenvalue weighted by Gasteiger charge is 2.29. The Morgan fingerprint density at radius 1 is 1.15 bits per heavy atom. The topological polar surface area (TPSA) is 78.1 Å². The number of aryl methyl sites for hydroxylation is 1. The second kappa shape index (κ2) is 7.23. The molecule has 0 spiro atoms. The zero-order chi connectivity index (χ0) is 18.8. The summed E-state index contributed by atoms with van der Waals surface area (Å²) in [7, 11) is 0. The van der Waals surface area contributed by atoms with E-state index in [9.17, 15) is 9.59 Å². The number of likely N-dealkylation sites (tertiary alicyclic amines) is 1. The number of H-pyrrole nitrogens is 1. The molecule has 0 saturated carbocycles. The fourth-order valence-electron chi connectivity index (χ4n) is 3.49. The van der Waals surface area contributed by atoms with E-state index < -0.39 is 0 Å². The largest absolute Gasteiger partial charge is 0.338 e. The van der Waals surface area contributed by atoms with Gasteiger partial charge in [0.2, 0.25) is 11.9 Å². The zero-order valence-corrected chi connectivity index (χ0v) is 15.2. The van der Waals surface area contributed by atoms with Crippen LogP contribution >= 0.6 is 0 Å². The molecule has 1 saturated heterocycles. The van der Waals surface area contributed by atoms with Crippen molar-refractivity contribution in [2.75, 3.05) is 18.4 Å². The van der Waals surface area contributed by atoms with Crippen molar-refractivity contribution in [3.63, 3.8) is 0 Å². The van der Waals surface area contributed by atoms with E-state index in [4.69, 9.17) is 0 Å². The summed E-state index contributed by atoms with van der Waals surface area (Å²) < 4.78 is 0. The molecule has 1 unspecified atom stereocenters. The number of fused-ring (bicyclic) bond motifs is 1. The predicted octanol–water partition coefficient (Wildman–Crippen LogP) is 3.36. The van der Waals surface area contributed by atoms with Gasteiger partial charge in [0.1, 0.15) is 0 Å². The van der Waals surface area contributed by atoms with Gasteiger partial charge in [0, 0.05) is 18.7 Å². The highest BCUT2D eigenvalue weighted by molar-refractivity contribution is 5.96. The molecule has 0 radical (unpaired) electrons. The lowest BCUT2D eigenvalue weighted by molar-refractivity contribution is -0.121. The Bertz CT molecular complexity index is 944. The predicted molar refractivity (Wildman–Crippen MR) is 105 cm³/mol. The molecule has 1 fully saturated rings. The van der Waals surface area contributed by atoms with Gasteiger partial charge in [0.05, 0.1) is 17.0 Å². The van der Waals surface area contributed by atoms with Crippen LogP contribution in [0.5, 0.6) is 0 Å². The molecule has 1 aromatic heterocycles. The molecule has 2 amide bonds. The third kappa shape index (κ3) is 3.69. The second-order valence-corrected chi connectivity index (χ2v) is 7.05. The molecule has 2 N–H and O–H groups in total. The monoisotopic (exact) mass is 362 g/mol. The highest BCUT2D eigenvalue weighted by atomic mass is 16.2. The number of hydrogen-bond acceptors (Lipinski definition) is 3. The van der Waals surface area contributed by atoms with Gasteiger partial charge < -0.3 is 9.88 Å². The van der Waals surface area contributed by atoms with Crippen molar-refractivity contribution in [3.05, 3.63) is 59.7 Å². The van der Waals surface area contributed by atoms with Crippen molar-refractivity contribution >= 4 is 28.8 Å². The van der Waals surface area contributed by atoms with Gasteiger partial charge in [-0.15, -0.1) is 0 Å². The number of benzene rings is 2. The Morgan fingerprint density at radius 3 is 2.70 bits per heavy atom. The molecule has 1 atom stereocenters. The van der Waals surface area contributed by atoms with E-state index in [0.29, 0.717) is 24.6 Å². The molecule has 27 heavy (non-hydrogen) atoms. The third-order valence-electron chi connectivity index (χ3n) is 5.01. The summed E-state index contributed by atoms with van der Waals surface area (Å²) in [4.78, 5) is 34.7. The Balaban J connectivity index is 1.43. The lowest BCUT2D eigenvalue weighted by atomic mass is 9.96. The van der Waals surface area contributed by atoms with Crippen LogP contribution in [0.1, 0.15) is 28.8 Å². The third-order valence-corrected chi connectivity index (χ3v) is 5.01. The Morgan fingerprint density at radius 2 is 1.93 bits per heavy atom. The number of rotatable bonds is 3. The lowest BCUT2D eigenvalue weighted by Crippen LogP contribution is -2.43. The molecule has 2 heterocycles. The van der Waals surface area contributed by atoms with E-state index >= 15 is 0 Å². The molecule has 2 aromatic carbocycles. The molecule has 138 valence electrons. The number of imidazole rings is 1. The average Bonchev–Trinajstić information content (AvgIpc) is 3.10. The zero-order valence-electron chi connectivity index (χ0n) is 15.2. The number of nitrogens with one attached hydrogen (secondary N) is 2. The molecule has 6 nitrogen and oxygen atoms in total. The Kier molecular flexibility index (Phi) is 4.62. The summed E-state index contributed by atoms with van der Waals surface area (Å²) >= 11 is 0. The van der Waals surface area contributed by atoms with Gasteiger partial charge in [-0.25, -0.2) is 4.98 Å². The van der Waals surface area contributed by atoms with E-state index in [1.54, 1.807) is 4.90 Å². The van der Waals surface area contributed by atoms with E-state index in [1.807, 2.05) is 55.5 Å². The van der Waals surface area contributed by atoms with Crippen LogP contribution < -0.4 is 5.32 Å². The molecule has 1 aliphatic rings. The number of amides is 2. The molecule has 1 aliphatic heterocycles. The van der Waals surface area contributed by atoms with Crippen molar-refractivity contribution in [2.24, 2.45) is 5.92 Å². The summed E-state index contributed by atoms with van der Waals surface area (Å²) in [5.41, 5.74) is 3.48. The normalized spacial score (nSPS) is 17.1. The lowest BCUT2D eigenvalue weighted by Gasteiger charge is -2.32. The fraction of sp³-hybridized carbons (Fsp3) is 0.286. The van der Waals surface area contributed by atoms with Gasteiger partial charge >= 0.3 is 0 Å². The van der Waals surface area contributed by atoms with Crippen molar-refractivity contribution in [1.82, 2.24) is 14.9 Å². The second-order valence-electron chi connectivity index (χ2n) is 7.05. The van der Waals surface area contributed by atoms with Crippen molar-refractivity contribution in [2.45, 2.75) is 19.8 Å². The van der Waals surface area contributed by atoms with E-state index in [2.05, 4.69) is 15.3 Å². The summed E-state index contributed by atoms with van der Waals surface area (Å²) in [6, 6.07) is 15.2. The van der Waals surface area contributed by atoms with Gasteiger partial charge in [-0.05, 0) is 44.0 Å². The maximum absolute atomic E-state index is 12.7. The van der Waals surface area contributed by atoms with Crippen LogP contribution in [0.15, 0.2) is 48.5 Å². The number of piperidine rings is 1. The Hall–Kier alpha value is -3.15. The van der Waals surface area contributed by atoms with Crippen LogP contribution in [0.3, 0.4) is 0 Å². The van der Waals surface area contributed by atoms with Gasteiger partial charge in [-0.3, -0.25) is 14.9 Å². The standard InChI is InChI=1S/C21H22N4O2/c1-14-8-10-15(11-9-14)20(27)25-12-4-5-16(13-25)19(26)24-21-22-17-6-2-3-7-18(17)23-21/h2-3,6-11,16H,4-5,12-13H2,1H3,(H2,22,23,24,26). The minimum atomic E-state index is -0.235. The highest BCUT2D eigenvalue weighted by Crippen LogP contribution is 2.21. The van der Waals surface area contributed by atoms with Gasteiger partial charge in [0.25, 0.3) is 5.91 Å². The maximum atomic E-state index is 12.7. The summed E-state index contributed by atoms with van der Waals surface area (Å²) in [5, 5.41) is 2.86. The van der Waals surface area contributed by atoms with Crippen molar-refractivity contribution in [3.8, 4) is 0 Å². The summed E-state index contributed by atoms with van der Waals surface area (Å²) in [5.74, 6) is 0.0937. The molecule has 0 bridgehead atoms. The molecular weight excluding hydrogens is 340 g/mol. The minimum Gasteiger partial charge on any atom is -0.338 e. The van der Waals surface area contributed by atoms with Crippen molar-refractivity contribution in [1.29, 1.82) is 0 Å². The molecular formula is C21H22N4O2. The molecule has 4 rings (SSSR count).